The topological polar surface area (TPSA) is 48.9 Å². The molecule has 0 saturated carbocycles. The largest absolute Gasteiger partial charge is 0.373 e. The Bertz CT molecular complexity index is 381. The second-order valence-electron chi connectivity index (χ2n) is 7.32. The standard InChI is InChI=1S/C18H34N4O/c1-19-18(21-16-14-15-8-9-17(16)23-15)20-10-4-2-5-11-22-12-6-3-7-13-22/h15-17H,2-14H2,1H3,(H2,19,20,21). The predicted octanol–water partition coefficient (Wildman–Crippen LogP) is 2.13. The Morgan fingerprint density at radius 3 is 2.70 bits per heavy atom. The molecular formula is C18H34N4O. The Morgan fingerprint density at radius 1 is 1.13 bits per heavy atom. The minimum atomic E-state index is 0.406. The first kappa shape index (κ1) is 17.0. The number of ether oxygens (including phenoxy) is 1. The van der Waals surface area contributed by atoms with Crippen molar-refractivity contribution in [3.63, 3.8) is 0 Å². The Balaban J connectivity index is 1.23. The number of aliphatic imine (C=N–C) groups is 1. The Morgan fingerprint density at radius 2 is 2.00 bits per heavy atom. The highest BCUT2D eigenvalue weighted by Crippen LogP contribution is 2.34. The summed E-state index contributed by atoms with van der Waals surface area (Å²) in [5.41, 5.74) is 0. The molecule has 5 nitrogen and oxygen atoms in total. The van der Waals surface area contributed by atoms with E-state index >= 15 is 0 Å². The van der Waals surface area contributed by atoms with Gasteiger partial charge >= 0.3 is 0 Å². The molecule has 3 rings (SSSR count). The van der Waals surface area contributed by atoms with Gasteiger partial charge in [0.25, 0.3) is 0 Å². The maximum atomic E-state index is 5.90. The summed E-state index contributed by atoms with van der Waals surface area (Å²) in [5, 5.41) is 7.01. The average Bonchev–Trinajstić information content (AvgIpc) is 3.20. The van der Waals surface area contributed by atoms with Gasteiger partial charge < -0.3 is 20.3 Å². The average molecular weight is 322 g/mol. The van der Waals surface area contributed by atoms with E-state index in [0.29, 0.717) is 18.2 Å². The zero-order valence-electron chi connectivity index (χ0n) is 14.7. The molecule has 0 aromatic rings. The lowest BCUT2D eigenvalue weighted by Crippen LogP contribution is -2.47. The molecule has 0 radical (unpaired) electrons. The number of hydrogen-bond donors (Lipinski definition) is 2. The third-order valence-corrected chi connectivity index (χ3v) is 5.54. The summed E-state index contributed by atoms with van der Waals surface area (Å²) in [6.07, 6.45) is 12.6. The van der Waals surface area contributed by atoms with Crippen LogP contribution in [0.15, 0.2) is 4.99 Å². The number of guanidine groups is 1. The van der Waals surface area contributed by atoms with E-state index < -0.39 is 0 Å². The zero-order chi connectivity index (χ0) is 15.9. The van der Waals surface area contributed by atoms with Crippen molar-refractivity contribution < 1.29 is 4.74 Å². The summed E-state index contributed by atoms with van der Waals surface area (Å²) in [4.78, 5) is 6.99. The molecule has 0 aromatic heterocycles. The van der Waals surface area contributed by atoms with Gasteiger partial charge in [-0.25, -0.2) is 0 Å². The summed E-state index contributed by atoms with van der Waals surface area (Å²) in [6, 6.07) is 0.457. The summed E-state index contributed by atoms with van der Waals surface area (Å²) >= 11 is 0. The van der Waals surface area contributed by atoms with Crippen LogP contribution in [0.25, 0.3) is 0 Å². The van der Waals surface area contributed by atoms with Crippen molar-refractivity contribution in [3.05, 3.63) is 0 Å². The maximum absolute atomic E-state index is 5.90. The van der Waals surface area contributed by atoms with E-state index in [9.17, 15) is 0 Å². The second-order valence-corrected chi connectivity index (χ2v) is 7.32. The minimum Gasteiger partial charge on any atom is -0.373 e. The van der Waals surface area contributed by atoms with Crippen molar-refractivity contribution in [1.82, 2.24) is 15.5 Å². The lowest BCUT2D eigenvalue weighted by Gasteiger charge is -2.26. The van der Waals surface area contributed by atoms with Crippen LogP contribution in [-0.4, -0.2) is 62.3 Å². The van der Waals surface area contributed by atoms with Gasteiger partial charge in [-0.2, -0.15) is 0 Å². The van der Waals surface area contributed by atoms with Crippen LogP contribution >= 0.6 is 0 Å². The van der Waals surface area contributed by atoms with Crippen LogP contribution in [-0.2, 0) is 4.74 Å². The molecule has 0 spiro atoms. The first-order valence-electron chi connectivity index (χ1n) is 9.70. The minimum absolute atomic E-state index is 0.406. The number of likely N-dealkylation sites (tertiary alicyclic amines) is 1. The second kappa shape index (κ2) is 8.88. The Labute approximate surface area is 141 Å². The molecule has 5 heteroatoms. The van der Waals surface area contributed by atoms with Gasteiger partial charge in [-0.15, -0.1) is 0 Å². The molecule has 0 aromatic carbocycles. The molecule has 3 fully saturated rings. The van der Waals surface area contributed by atoms with Crippen LogP contribution in [0.5, 0.6) is 0 Å². The first-order chi connectivity index (χ1) is 11.3. The highest BCUT2D eigenvalue weighted by molar-refractivity contribution is 5.80. The summed E-state index contributed by atoms with van der Waals surface area (Å²) in [5.74, 6) is 0.946. The summed E-state index contributed by atoms with van der Waals surface area (Å²) in [7, 11) is 1.86. The Hall–Kier alpha value is -0.810. The van der Waals surface area contributed by atoms with Gasteiger partial charge in [0.15, 0.2) is 5.96 Å². The fourth-order valence-electron chi connectivity index (χ4n) is 4.19. The van der Waals surface area contributed by atoms with Gasteiger partial charge in [0.05, 0.1) is 18.2 Å². The number of unbranched alkanes of at least 4 members (excludes halogenated alkanes) is 2. The normalized spacial score (nSPS) is 31.5. The van der Waals surface area contributed by atoms with Crippen LogP contribution in [0.2, 0.25) is 0 Å². The summed E-state index contributed by atoms with van der Waals surface area (Å²) in [6.45, 7) is 4.94. The van der Waals surface area contributed by atoms with E-state index in [1.807, 2.05) is 7.05 Å². The van der Waals surface area contributed by atoms with E-state index in [0.717, 1.165) is 18.9 Å². The molecule has 2 bridgehead atoms. The van der Waals surface area contributed by atoms with Gasteiger partial charge in [0.2, 0.25) is 0 Å². The van der Waals surface area contributed by atoms with E-state index in [2.05, 4.69) is 20.5 Å². The molecule has 23 heavy (non-hydrogen) atoms. The maximum Gasteiger partial charge on any atom is 0.191 e. The highest BCUT2D eigenvalue weighted by atomic mass is 16.5. The summed E-state index contributed by atoms with van der Waals surface area (Å²) < 4.78 is 5.90. The lowest BCUT2D eigenvalue weighted by molar-refractivity contribution is 0.0992. The third-order valence-electron chi connectivity index (χ3n) is 5.54. The van der Waals surface area contributed by atoms with Gasteiger partial charge in [0, 0.05) is 13.6 Å². The van der Waals surface area contributed by atoms with E-state index in [-0.39, 0.29) is 0 Å². The van der Waals surface area contributed by atoms with Crippen molar-refractivity contribution in [3.8, 4) is 0 Å². The lowest BCUT2D eigenvalue weighted by atomic mass is 9.96. The zero-order valence-corrected chi connectivity index (χ0v) is 14.7. The molecule has 0 amide bonds. The van der Waals surface area contributed by atoms with Gasteiger partial charge in [0.1, 0.15) is 0 Å². The van der Waals surface area contributed by atoms with Crippen molar-refractivity contribution in [2.45, 2.75) is 76.0 Å². The number of nitrogens with one attached hydrogen (secondary N) is 2. The number of hydrogen-bond acceptors (Lipinski definition) is 3. The highest BCUT2D eigenvalue weighted by Gasteiger charge is 2.41. The monoisotopic (exact) mass is 322 g/mol. The predicted molar refractivity (Wildman–Crippen MR) is 94.9 cm³/mol. The van der Waals surface area contributed by atoms with E-state index in [1.54, 1.807) is 0 Å². The van der Waals surface area contributed by atoms with Crippen LogP contribution in [0, 0.1) is 0 Å². The molecule has 3 aliphatic heterocycles. The number of fused-ring (bicyclic) bond motifs is 2. The van der Waals surface area contributed by atoms with Crippen molar-refractivity contribution in [2.75, 3.05) is 33.2 Å². The molecule has 3 unspecified atom stereocenters. The molecule has 132 valence electrons. The van der Waals surface area contributed by atoms with Crippen molar-refractivity contribution in [2.24, 2.45) is 4.99 Å². The van der Waals surface area contributed by atoms with Crippen LogP contribution < -0.4 is 10.6 Å². The van der Waals surface area contributed by atoms with Crippen LogP contribution in [0.1, 0.15) is 57.8 Å². The molecule has 3 aliphatic rings. The van der Waals surface area contributed by atoms with Gasteiger partial charge in [-0.3, -0.25) is 4.99 Å². The first-order valence-corrected chi connectivity index (χ1v) is 9.70. The third kappa shape index (κ3) is 5.08. The molecule has 3 heterocycles. The molecule has 3 saturated heterocycles. The number of rotatable bonds is 7. The van der Waals surface area contributed by atoms with E-state index in [4.69, 9.17) is 4.74 Å². The van der Waals surface area contributed by atoms with Crippen LogP contribution in [0.3, 0.4) is 0 Å². The van der Waals surface area contributed by atoms with Crippen molar-refractivity contribution >= 4 is 5.96 Å². The molecule has 3 atom stereocenters. The molecule has 2 N–H and O–H groups in total. The fraction of sp³-hybridized carbons (Fsp3) is 0.944. The molecular weight excluding hydrogens is 288 g/mol. The van der Waals surface area contributed by atoms with Gasteiger partial charge in [-0.05, 0) is 64.6 Å². The Kier molecular flexibility index (Phi) is 6.57. The smallest absolute Gasteiger partial charge is 0.191 e. The quantitative estimate of drug-likeness (QED) is 0.428. The fourth-order valence-corrected chi connectivity index (χ4v) is 4.19. The van der Waals surface area contributed by atoms with E-state index in [1.165, 1.54) is 71.0 Å². The number of nitrogens with zero attached hydrogens (tertiary/aromatic N) is 2. The number of piperidine rings is 1. The SMILES string of the molecule is CN=C(NCCCCCN1CCCCC1)NC1CC2CCC1O2. The molecule has 0 aliphatic carbocycles. The van der Waals surface area contributed by atoms with Gasteiger partial charge in [-0.1, -0.05) is 12.8 Å². The van der Waals surface area contributed by atoms with Crippen molar-refractivity contribution in [1.29, 1.82) is 0 Å². The van der Waals surface area contributed by atoms with Crippen LogP contribution in [0.4, 0.5) is 0 Å².